The number of piperidine rings is 1. The highest BCUT2D eigenvalue weighted by atomic mass is 32.1. The number of benzene rings is 1. The predicted octanol–water partition coefficient (Wildman–Crippen LogP) is 4.20. The lowest BCUT2D eigenvalue weighted by Crippen LogP contribution is -2.46. The second kappa shape index (κ2) is 8.45. The van der Waals surface area contributed by atoms with E-state index in [0.717, 1.165) is 60.6 Å². The van der Waals surface area contributed by atoms with Gasteiger partial charge in [-0.2, -0.15) is 0 Å². The van der Waals surface area contributed by atoms with Gasteiger partial charge >= 0.3 is 0 Å². The number of anilines is 1. The molecule has 1 aliphatic rings. The Morgan fingerprint density at radius 1 is 1.25 bits per heavy atom. The number of hydrogen-bond donors (Lipinski definition) is 1. The van der Waals surface area contributed by atoms with E-state index in [2.05, 4.69) is 34.7 Å². The summed E-state index contributed by atoms with van der Waals surface area (Å²) in [5, 5.41) is 7.02. The third-order valence-corrected chi connectivity index (χ3v) is 6.37. The van der Waals surface area contributed by atoms with Crippen LogP contribution in [0.1, 0.15) is 30.3 Å². The Hall–Kier alpha value is -2.18. The molecule has 5 nitrogen and oxygen atoms in total. The third-order valence-electron chi connectivity index (χ3n) is 5.47. The molecule has 1 N–H and O–H groups in total. The van der Waals surface area contributed by atoms with Crippen LogP contribution in [-0.2, 0) is 6.42 Å². The standard InChI is InChI=1S/C22H28N4OS/c1-15(13-19-5-4-12-28-19)23-17-8-10-26(11-9-17)22-24-16(2)20-14-18(27-3)6-7-21(20)25-22/h4-7,12,14-15,17,23H,8-11,13H2,1-3H3/t15-/m0/s1. The summed E-state index contributed by atoms with van der Waals surface area (Å²) in [7, 11) is 1.69. The van der Waals surface area contributed by atoms with Gasteiger partial charge in [0.1, 0.15) is 5.75 Å². The second-order valence-corrected chi connectivity index (χ2v) is 8.64. The van der Waals surface area contributed by atoms with Crippen LogP contribution in [0.2, 0.25) is 0 Å². The number of fused-ring (bicyclic) bond motifs is 1. The van der Waals surface area contributed by atoms with Crippen molar-refractivity contribution in [3.05, 3.63) is 46.3 Å². The highest BCUT2D eigenvalue weighted by Gasteiger charge is 2.23. The van der Waals surface area contributed by atoms with Crippen LogP contribution in [0.3, 0.4) is 0 Å². The highest BCUT2D eigenvalue weighted by Crippen LogP contribution is 2.25. The summed E-state index contributed by atoms with van der Waals surface area (Å²) in [4.78, 5) is 13.4. The Kier molecular flexibility index (Phi) is 5.78. The fourth-order valence-corrected chi connectivity index (χ4v) is 4.79. The zero-order valence-corrected chi connectivity index (χ0v) is 17.6. The van der Waals surface area contributed by atoms with Gasteiger partial charge in [0.2, 0.25) is 5.95 Å². The lowest BCUT2D eigenvalue weighted by molar-refractivity contribution is 0.374. The van der Waals surface area contributed by atoms with Crippen LogP contribution in [0.5, 0.6) is 5.75 Å². The number of ether oxygens (including phenoxy) is 1. The van der Waals surface area contributed by atoms with Gasteiger partial charge in [0, 0.05) is 35.4 Å². The summed E-state index contributed by atoms with van der Waals surface area (Å²) in [5.74, 6) is 1.69. The van der Waals surface area contributed by atoms with Crippen molar-refractivity contribution in [1.29, 1.82) is 0 Å². The zero-order valence-electron chi connectivity index (χ0n) is 16.8. The Morgan fingerprint density at radius 2 is 2.07 bits per heavy atom. The average Bonchev–Trinajstić information content (AvgIpc) is 3.21. The fourth-order valence-electron chi connectivity index (χ4n) is 3.95. The quantitative estimate of drug-likeness (QED) is 0.677. The van der Waals surface area contributed by atoms with Crippen LogP contribution in [-0.4, -0.2) is 42.3 Å². The summed E-state index contributed by atoms with van der Waals surface area (Å²) in [6, 6.07) is 11.4. The monoisotopic (exact) mass is 396 g/mol. The second-order valence-electron chi connectivity index (χ2n) is 7.60. The van der Waals surface area contributed by atoms with Crippen molar-refractivity contribution >= 4 is 28.2 Å². The molecule has 6 heteroatoms. The van der Waals surface area contributed by atoms with Gasteiger partial charge < -0.3 is 15.0 Å². The molecule has 3 heterocycles. The van der Waals surface area contributed by atoms with E-state index >= 15 is 0 Å². The molecule has 1 aromatic carbocycles. The number of aromatic nitrogens is 2. The number of methoxy groups -OCH3 is 1. The molecule has 0 radical (unpaired) electrons. The molecular formula is C22H28N4OS. The van der Waals surface area contributed by atoms with Crippen LogP contribution < -0.4 is 15.0 Å². The van der Waals surface area contributed by atoms with Gasteiger partial charge in [0.05, 0.1) is 18.3 Å². The van der Waals surface area contributed by atoms with Crippen molar-refractivity contribution in [1.82, 2.24) is 15.3 Å². The van der Waals surface area contributed by atoms with Crippen molar-refractivity contribution in [2.24, 2.45) is 0 Å². The largest absolute Gasteiger partial charge is 0.497 e. The van der Waals surface area contributed by atoms with Crippen molar-refractivity contribution in [3.63, 3.8) is 0 Å². The van der Waals surface area contributed by atoms with E-state index in [1.54, 1.807) is 7.11 Å². The molecule has 28 heavy (non-hydrogen) atoms. The SMILES string of the molecule is COc1ccc2nc(N3CCC(N[C@@H](C)Cc4cccs4)CC3)nc(C)c2c1. The topological polar surface area (TPSA) is 50.3 Å². The van der Waals surface area contributed by atoms with Crippen molar-refractivity contribution in [2.75, 3.05) is 25.1 Å². The van der Waals surface area contributed by atoms with E-state index in [0.29, 0.717) is 12.1 Å². The normalized spacial score (nSPS) is 16.5. The third kappa shape index (κ3) is 4.28. The van der Waals surface area contributed by atoms with Gasteiger partial charge in [-0.1, -0.05) is 6.07 Å². The Labute approximate surface area is 170 Å². The Bertz CT molecular complexity index is 920. The first-order valence-corrected chi connectivity index (χ1v) is 10.9. The summed E-state index contributed by atoms with van der Waals surface area (Å²) in [5.41, 5.74) is 1.98. The van der Waals surface area contributed by atoms with Crippen molar-refractivity contribution < 1.29 is 4.74 Å². The smallest absolute Gasteiger partial charge is 0.226 e. The highest BCUT2D eigenvalue weighted by molar-refractivity contribution is 7.09. The number of nitrogens with zero attached hydrogens (tertiary/aromatic N) is 3. The molecule has 1 fully saturated rings. The van der Waals surface area contributed by atoms with Gasteiger partial charge in [-0.05, 0) is 62.8 Å². The molecule has 0 spiro atoms. The number of nitrogens with one attached hydrogen (secondary N) is 1. The maximum absolute atomic E-state index is 5.33. The van der Waals surface area contributed by atoms with Crippen LogP contribution in [0.15, 0.2) is 35.7 Å². The summed E-state index contributed by atoms with van der Waals surface area (Å²) in [6.07, 6.45) is 3.35. The maximum atomic E-state index is 5.33. The first-order chi connectivity index (χ1) is 13.6. The van der Waals surface area contributed by atoms with Crippen LogP contribution in [0.25, 0.3) is 10.9 Å². The number of thiophene rings is 1. The molecule has 1 aliphatic heterocycles. The maximum Gasteiger partial charge on any atom is 0.226 e. The van der Waals surface area contributed by atoms with E-state index in [9.17, 15) is 0 Å². The first-order valence-electron chi connectivity index (χ1n) is 9.98. The molecule has 0 bridgehead atoms. The molecule has 2 aromatic heterocycles. The molecule has 148 valence electrons. The lowest BCUT2D eigenvalue weighted by Gasteiger charge is -2.34. The molecule has 4 rings (SSSR count). The minimum atomic E-state index is 0.504. The van der Waals surface area contributed by atoms with Crippen molar-refractivity contribution in [3.8, 4) is 5.75 Å². The molecular weight excluding hydrogens is 368 g/mol. The molecule has 0 amide bonds. The predicted molar refractivity (Wildman–Crippen MR) is 117 cm³/mol. The lowest BCUT2D eigenvalue weighted by atomic mass is 10.0. The van der Waals surface area contributed by atoms with Gasteiger partial charge in [-0.15, -0.1) is 11.3 Å². The van der Waals surface area contributed by atoms with Crippen LogP contribution >= 0.6 is 11.3 Å². The van der Waals surface area contributed by atoms with E-state index in [-0.39, 0.29) is 0 Å². The average molecular weight is 397 g/mol. The minimum absolute atomic E-state index is 0.504. The number of hydrogen-bond acceptors (Lipinski definition) is 6. The molecule has 0 unspecified atom stereocenters. The van der Waals surface area contributed by atoms with Gasteiger partial charge in [-0.3, -0.25) is 0 Å². The molecule has 3 aromatic rings. The van der Waals surface area contributed by atoms with E-state index < -0.39 is 0 Å². The summed E-state index contributed by atoms with van der Waals surface area (Å²) in [6.45, 7) is 6.32. The van der Waals surface area contributed by atoms with E-state index in [4.69, 9.17) is 14.7 Å². The van der Waals surface area contributed by atoms with Crippen LogP contribution in [0, 0.1) is 6.92 Å². The van der Waals surface area contributed by atoms with Gasteiger partial charge in [0.15, 0.2) is 0 Å². The van der Waals surface area contributed by atoms with Crippen LogP contribution in [0.4, 0.5) is 5.95 Å². The zero-order chi connectivity index (χ0) is 19.5. The fraction of sp³-hybridized carbons (Fsp3) is 0.455. The molecule has 0 aliphatic carbocycles. The number of aryl methyl sites for hydroxylation is 1. The van der Waals surface area contributed by atoms with Crippen molar-refractivity contribution in [2.45, 2.75) is 45.2 Å². The Morgan fingerprint density at radius 3 is 2.79 bits per heavy atom. The first kappa shape index (κ1) is 19.2. The molecule has 1 saturated heterocycles. The van der Waals surface area contributed by atoms with E-state index in [1.165, 1.54) is 4.88 Å². The van der Waals surface area contributed by atoms with Gasteiger partial charge in [0.25, 0.3) is 0 Å². The van der Waals surface area contributed by atoms with E-state index in [1.807, 2.05) is 36.5 Å². The summed E-state index contributed by atoms with van der Waals surface area (Å²) < 4.78 is 5.33. The van der Waals surface area contributed by atoms with Gasteiger partial charge in [-0.25, -0.2) is 9.97 Å². The number of rotatable bonds is 6. The summed E-state index contributed by atoms with van der Waals surface area (Å²) >= 11 is 1.84. The minimum Gasteiger partial charge on any atom is -0.497 e. The Balaban J connectivity index is 1.38. The molecule has 1 atom stereocenters. The molecule has 0 saturated carbocycles.